The van der Waals surface area contributed by atoms with Crippen molar-refractivity contribution in [2.45, 2.75) is 40.2 Å². The first-order chi connectivity index (χ1) is 12.2. The molecular formula is C19H21ClN4OS. The number of hydrogen-bond acceptors (Lipinski definition) is 4. The third-order valence-corrected chi connectivity index (χ3v) is 5.63. The molecule has 0 unspecified atom stereocenters. The quantitative estimate of drug-likeness (QED) is 0.776. The van der Waals surface area contributed by atoms with Gasteiger partial charge in [-0.15, -0.1) is 11.3 Å². The zero-order valence-electron chi connectivity index (χ0n) is 15.4. The molecule has 26 heavy (non-hydrogen) atoms. The second-order valence-electron chi connectivity index (χ2n) is 6.81. The second-order valence-corrected chi connectivity index (χ2v) is 8.45. The summed E-state index contributed by atoms with van der Waals surface area (Å²) in [5, 5.41) is 9.57. The molecule has 1 aliphatic rings. The van der Waals surface area contributed by atoms with Gasteiger partial charge in [0.1, 0.15) is 4.67 Å². The van der Waals surface area contributed by atoms with E-state index in [1.807, 2.05) is 38.1 Å². The van der Waals surface area contributed by atoms with Crippen LogP contribution >= 0.6 is 22.9 Å². The average molecular weight is 389 g/mol. The molecule has 0 atom stereocenters. The van der Waals surface area contributed by atoms with E-state index in [1.54, 1.807) is 11.3 Å². The number of nitrogens with one attached hydrogen (secondary N) is 2. The molecule has 136 valence electrons. The van der Waals surface area contributed by atoms with Gasteiger partial charge >= 0.3 is 0 Å². The maximum Gasteiger partial charge on any atom is 0.237 e. The molecule has 0 saturated carbocycles. The fourth-order valence-electron chi connectivity index (χ4n) is 2.78. The van der Waals surface area contributed by atoms with Crippen LogP contribution in [0.2, 0.25) is 5.02 Å². The largest absolute Gasteiger partial charge is 0.372 e. The minimum atomic E-state index is -0.573. The van der Waals surface area contributed by atoms with Crippen LogP contribution in [-0.4, -0.2) is 17.3 Å². The number of hydrazone groups is 1. The number of carbonyl (C=O) groups excluding carboxylic acids is 1. The molecule has 3 rings (SSSR count). The van der Waals surface area contributed by atoms with Gasteiger partial charge in [0.25, 0.3) is 0 Å². The maximum atomic E-state index is 11.3. The minimum absolute atomic E-state index is 0.228. The van der Waals surface area contributed by atoms with Crippen molar-refractivity contribution in [2.75, 3.05) is 0 Å². The maximum absolute atomic E-state index is 11.3. The number of halogens is 1. The standard InChI is InChI=1S/C19H21ClN4OS/c1-10-11(2)26-17-15(10)16(13-6-8-14(20)9-7-13)22-19(4,5)18(21-17)24-23-12(3)25/h6-9,22H,1-5H3,(H,23,25). The van der Waals surface area contributed by atoms with Crippen molar-refractivity contribution in [1.82, 2.24) is 10.7 Å². The third-order valence-electron chi connectivity index (χ3n) is 4.27. The molecule has 0 aliphatic carbocycles. The lowest BCUT2D eigenvalue weighted by atomic mass is 10.0. The van der Waals surface area contributed by atoms with Crippen molar-refractivity contribution in [3.63, 3.8) is 0 Å². The zero-order valence-corrected chi connectivity index (χ0v) is 17.0. The molecule has 0 saturated heterocycles. The van der Waals surface area contributed by atoms with Gasteiger partial charge in [0.2, 0.25) is 5.91 Å². The van der Waals surface area contributed by atoms with Gasteiger partial charge in [0.05, 0.1) is 11.2 Å². The lowest BCUT2D eigenvalue weighted by Crippen LogP contribution is -2.46. The van der Waals surface area contributed by atoms with Gasteiger partial charge in [-0.25, -0.2) is 10.4 Å². The van der Waals surface area contributed by atoms with Crippen molar-refractivity contribution >= 4 is 40.4 Å². The lowest BCUT2D eigenvalue weighted by Gasteiger charge is -2.27. The molecule has 7 heteroatoms. The third kappa shape index (κ3) is 3.52. The van der Waals surface area contributed by atoms with Crippen LogP contribution in [0.25, 0.3) is 5.70 Å². The number of rotatable bonds is 2. The Hall–Kier alpha value is -2.18. The van der Waals surface area contributed by atoms with Gasteiger partial charge in [-0.2, -0.15) is 5.10 Å². The van der Waals surface area contributed by atoms with Gasteiger partial charge in [0, 0.05) is 22.0 Å². The average Bonchev–Trinajstić information content (AvgIpc) is 2.77. The van der Waals surface area contributed by atoms with E-state index in [1.165, 1.54) is 17.4 Å². The van der Waals surface area contributed by atoms with E-state index in [0.717, 1.165) is 21.2 Å². The Morgan fingerprint density at radius 3 is 2.54 bits per heavy atom. The first kappa shape index (κ1) is 18.6. The molecule has 5 nitrogen and oxygen atoms in total. The Morgan fingerprint density at radius 2 is 1.92 bits per heavy atom. The molecule has 1 aromatic heterocycles. The van der Waals surface area contributed by atoms with Crippen LogP contribution in [0.4, 0.5) is 0 Å². The first-order valence-electron chi connectivity index (χ1n) is 8.27. The van der Waals surface area contributed by atoms with E-state index >= 15 is 0 Å². The van der Waals surface area contributed by atoms with Crippen LogP contribution in [0.5, 0.6) is 0 Å². The monoisotopic (exact) mass is 388 g/mol. The predicted molar refractivity (Wildman–Crippen MR) is 107 cm³/mol. The molecule has 1 aliphatic heterocycles. The van der Waals surface area contributed by atoms with Crippen molar-refractivity contribution in [3.8, 4) is 0 Å². The summed E-state index contributed by atoms with van der Waals surface area (Å²) in [7, 11) is 0. The number of amidine groups is 1. The van der Waals surface area contributed by atoms with Crippen LogP contribution < -0.4 is 20.6 Å². The van der Waals surface area contributed by atoms with Crippen molar-refractivity contribution in [1.29, 1.82) is 0 Å². The summed E-state index contributed by atoms with van der Waals surface area (Å²) in [4.78, 5) is 17.3. The van der Waals surface area contributed by atoms with Crippen LogP contribution in [0.1, 0.15) is 36.8 Å². The van der Waals surface area contributed by atoms with Crippen LogP contribution in [-0.2, 0) is 4.79 Å². The van der Waals surface area contributed by atoms with Gasteiger partial charge in [0.15, 0.2) is 5.84 Å². The summed E-state index contributed by atoms with van der Waals surface area (Å²) in [6, 6.07) is 7.74. The molecule has 2 N–H and O–H groups in total. The van der Waals surface area contributed by atoms with Crippen molar-refractivity contribution < 1.29 is 4.79 Å². The fourth-order valence-corrected chi connectivity index (χ4v) is 3.94. The van der Waals surface area contributed by atoms with Crippen molar-refractivity contribution in [2.24, 2.45) is 10.1 Å². The summed E-state index contributed by atoms with van der Waals surface area (Å²) in [6.07, 6.45) is 0. The number of benzene rings is 1. The van der Waals surface area contributed by atoms with E-state index in [0.29, 0.717) is 10.9 Å². The molecule has 1 aromatic carbocycles. The number of aryl methyl sites for hydroxylation is 1. The number of fused-ring (bicyclic) bond motifs is 1. The van der Waals surface area contributed by atoms with E-state index < -0.39 is 5.54 Å². The molecule has 1 amide bonds. The zero-order chi connectivity index (χ0) is 19.1. The molecule has 0 bridgehead atoms. The van der Waals surface area contributed by atoms with Crippen LogP contribution in [0.3, 0.4) is 0 Å². The molecule has 2 heterocycles. The highest BCUT2D eigenvalue weighted by atomic mass is 35.5. The Bertz CT molecular complexity index is 1020. The van der Waals surface area contributed by atoms with Crippen LogP contribution in [0.15, 0.2) is 34.4 Å². The summed E-state index contributed by atoms with van der Waals surface area (Å²) >= 11 is 7.69. The fraction of sp³-hybridized carbons (Fsp3) is 0.316. The Labute approximate surface area is 161 Å². The van der Waals surface area contributed by atoms with E-state index in [9.17, 15) is 4.79 Å². The second kappa shape index (κ2) is 6.85. The highest BCUT2D eigenvalue weighted by Crippen LogP contribution is 2.20. The number of nitrogens with zero attached hydrogens (tertiary/aromatic N) is 2. The Morgan fingerprint density at radius 1 is 1.27 bits per heavy atom. The smallest absolute Gasteiger partial charge is 0.237 e. The lowest BCUT2D eigenvalue weighted by molar-refractivity contribution is -0.118. The number of carbonyl (C=O) groups is 1. The SMILES string of the molecule is CC(=O)NN=C1N=c2sc(C)c(C)c2=C(c2ccc(Cl)cc2)NC1(C)C. The summed E-state index contributed by atoms with van der Waals surface area (Å²) < 4.78 is 0.882. The van der Waals surface area contributed by atoms with E-state index in [4.69, 9.17) is 16.6 Å². The van der Waals surface area contributed by atoms with E-state index in [-0.39, 0.29) is 5.91 Å². The van der Waals surface area contributed by atoms with Crippen LogP contribution in [0, 0.1) is 13.8 Å². The number of amides is 1. The highest BCUT2D eigenvalue weighted by molar-refractivity contribution is 7.09. The molecular weight excluding hydrogens is 368 g/mol. The normalized spacial score (nSPS) is 17.2. The summed E-state index contributed by atoms with van der Waals surface area (Å²) in [5.41, 5.74) is 5.13. The predicted octanol–water partition coefficient (Wildman–Crippen LogP) is 2.63. The number of thiophene rings is 1. The summed E-state index contributed by atoms with van der Waals surface area (Å²) in [5.74, 6) is 0.299. The Kier molecular flexibility index (Phi) is 4.90. The van der Waals surface area contributed by atoms with Gasteiger partial charge < -0.3 is 5.32 Å². The molecule has 2 aromatic rings. The minimum Gasteiger partial charge on any atom is -0.372 e. The first-order valence-corrected chi connectivity index (χ1v) is 9.46. The van der Waals surface area contributed by atoms with Gasteiger partial charge in [-0.05, 0) is 51.0 Å². The van der Waals surface area contributed by atoms with Gasteiger partial charge in [-0.1, -0.05) is 23.7 Å². The van der Waals surface area contributed by atoms with Crippen molar-refractivity contribution in [3.05, 3.63) is 55.2 Å². The number of hydrogen-bond donors (Lipinski definition) is 2. The van der Waals surface area contributed by atoms with E-state index in [2.05, 4.69) is 29.7 Å². The van der Waals surface area contributed by atoms with Gasteiger partial charge in [-0.3, -0.25) is 4.79 Å². The summed E-state index contributed by atoms with van der Waals surface area (Å²) in [6.45, 7) is 9.59. The topological polar surface area (TPSA) is 65.8 Å². The molecule has 0 spiro atoms. The highest BCUT2D eigenvalue weighted by Gasteiger charge is 2.30. The molecule has 0 fully saturated rings. The molecule has 0 radical (unpaired) electrons. The Balaban J connectivity index is 2.32.